The number of anilines is 1. The molecule has 1 amide bonds. The van der Waals surface area contributed by atoms with Crippen molar-refractivity contribution in [2.24, 2.45) is 0 Å². The Morgan fingerprint density at radius 2 is 2.05 bits per heavy atom. The van der Waals surface area contributed by atoms with Gasteiger partial charge in [-0.1, -0.05) is 6.07 Å². The maximum atomic E-state index is 12.6. The van der Waals surface area contributed by atoms with Gasteiger partial charge >= 0.3 is 0 Å². The fraction of sp³-hybridized carbons (Fsp3) is 0.533. The molecule has 0 spiro atoms. The first kappa shape index (κ1) is 12.5. The third-order valence-electron chi connectivity index (χ3n) is 4.39. The minimum absolute atomic E-state index is 0.149. The number of fused-ring (bicyclic) bond motifs is 1. The van der Waals surface area contributed by atoms with Crippen LogP contribution in [0.25, 0.3) is 0 Å². The molecule has 0 bridgehead atoms. The van der Waals surface area contributed by atoms with Crippen molar-refractivity contribution in [1.82, 2.24) is 4.90 Å². The van der Waals surface area contributed by atoms with Crippen LogP contribution >= 0.6 is 0 Å². The minimum Gasteiger partial charge on any atom is -0.497 e. The lowest BCUT2D eigenvalue weighted by Crippen LogP contribution is -2.48. The van der Waals surface area contributed by atoms with Crippen LogP contribution in [0.2, 0.25) is 0 Å². The van der Waals surface area contributed by atoms with E-state index in [-0.39, 0.29) is 11.4 Å². The van der Waals surface area contributed by atoms with Gasteiger partial charge in [0.25, 0.3) is 0 Å². The molecule has 0 atom stereocenters. The highest BCUT2D eigenvalue weighted by molar-refractivity contribution is 5.98. The third kappa shape index (κ3) is 2.10. The van der Waals surface area contributed by atoms with Gasteiger partial charge in [0.1, 0.15) is 11.3 Å². The molecule has 19 heavy (non-hydrogen) atoms. The fourth-order valence-corrected chi connectivity index (χ4v) is 3.42. The van der Waals surface area contributed by atoms with Crippen LogP contribution in [0.3, 0.4) is 0 Å². The quantitative estimate of drug-likeness (QED) is 0.906. The van der Waals surface area contributed by atoms with Crippen molar-refractivity contribution in [1.29, 1.82) is 0 Å². The summed E-state index contributed by atoms with van der Waals surface area (Å²) in [6, 6.07) is 7.55. The summed E-state index contributed by atoms with van der Waals surface area (Å²) in [5.74, 6) is 0.917. The van der Waals surface area contributed by atoms with Crippen molar-refractivity contribution in [2.75, 3.05) is 25.5 Å². The topological polar surface area (TPSA) is 41.6 Å². The van der Waals surface area contributed by atoms with Gasteiger partial charge in [-0.15, -0.1) is 0 Å². The molecule has 102 valence electrons. The zero-order valence-electron chi connectivity index (χ0n) is 11.3. The molecule has 2 aliphatic heterocycles. The van der Waals surface area contributed by atoms with Crippen molar-refractivity contribution in [3.8, 4) is 5.75 Å². The molecule has 4 nitrogen and oxygen atoms in total. The maximum absolute atomic E-state index is 12.6. The standard InChI is InChI=1S/C15H20N2O2/c1-19-13-6-2-5-12(11-13)16-14(18)15-7-3-9-17(15)10-4-8-15/h2,5-6,11H,3-4,7-10H2,1H3,(H,16,18). The van der Waals surface area contributed by atoms with Gasteiger partial charge in [-0.05, 0) is 50.9 Å². The lowest BCUT2D eigenvalue weighted by atomic mass is 9.93. The van der Waals surface area contributed by atoms with Crippen LogP contribution in [-0.4, -0.2) is 36.5 Å². The van der Waals surface area contributed by atoms with Gasteiger partial charge in [0.15, 0.2) is 0 Å². The van der Waals surface area contributed by atoms with Gasteiger partial charge < -0.3 is 10.1 Å². The summed E-state index contributed by atoms with van der Waals surface area (Å²) >= 11 is 0. The number of hydrogen-bond donors (Lipinski definition) is 1. The number of ether oxygens (including phenoxy) is 1. The van der Waals surface area contributed by atoms with Gasteiger partial charge in [0.05, 0.1) is 7.11 Å². The number of nitrogens with zero attached hydrogens (tertiary/aromatic N) is 1. The van der Waals surface area contributed by atoms with E-state index in [1.807, 2.05) is 24.3 Å². The number of benzene rings is 1. The lowest BCUT2D eigenvalue weighted by molar-refractivity contribution is -0.125. The van der Waals surface area contributed by atoms with Crippen molar-refractivity contribution in [3.63, 3.8) is 0 Å². The van der Waals surface area contributed by atoms with Crippen LogP contribution < -0.4 is 10.1 Å². The zero-order valence-corrected chi connectivity index (χ0v) is 11.3. The van der Waals surface area contributed by atoms with Crippen molar-refractivity contribution in [3.05, 3.63) is 24.3 Å². The molecule has 2 fully saturated rings. The fourth-order valence-electron chi connectivity index (χ4n) is 3.42. The molecular formula is C15H20N2O2. The number of rotatable bonds is 3. The first-order chi connectivity index (χ1) is 9.24. The van der Waals surface area contributed by atoms with Crippen LogP contribution in [0.5, 0.6) is 5.75 Å². The number of nitrogens with one attached hydrogen (secondary N) is 1. The SMILES string of the molecule is COc1cccc(NC(=O)C23CCCN2CCC3)c1. The summed E-state index contributed by atoms with van der Waals surface area (Å²) in [6.45, 7) is 2.12. The van der Waals surface area contributed by atoms with Gasteiger partial charge in [-0.2, -0.15) is 0 Å². The van der Waals surface area contributed by atoms with E-state index < -0.39 is 0 Å². The second-order valence-electron chi connectivity index (χ2n) is 5.41. The number of carbonyl (C=O) groups excluding carboxylic acids is 1. The molecule has 0 saturated carbocycles. The molecular weight excluding hydrogens is 240 g/mol. The Labute approximate surface area is 113 Å². The number of amides is 1. The van der Waals surface area contributed by atoms with Crippen molar-refractivity contribution in [2.45, 2.75) is 31.2 Å². The summed E-state index contributed by atoms with van der Waals surface area (Å²) in [5.41, 5.74) is 0.570. The largest absolute Gasteiger partial charge is 0.497 e. The Kier molecular flexibility index (Phi) is 3.19. The molecule has 3 rings (SSSR count). The maximum Gasteiger partial charge on any atom is 0.244 e. The van der Waals surface area contributed by atoms with E-state index in [0.29, 0.717) is 0 Å². The minimum atomic E-state index is -0.247. The van der Waals surface area contributed by atoms with E-state index in [0.717, 1.165) is 50.2 Å². The number of carbonyl (C=O) groups is 1. The number of hydrogen-bond acceptors (Lipinski definition) is 3. The van der Waals surface area contributed by atoms with Crippen molar-refractivity contribution >= 4 is 11.6 Å². The second-order valence-corrected chi connectivity index (χ2v) is 5.41. The Morgan fingerprint density at radius 3 is 2.74 bits per heavy atom. The van der Waals surface area contributed by atoms with E-state index in [1.54, 1.807) is 7.11 Å². The Hall–Kier alpha value is -1.55. The molecule has 2 heterocycles. The molecule has 0 aromatic heterocycles. The predicted molar refractivity (Wildman–Crippen MR) is 74.4 cm³/mol. The van der Waals surface area contributed by atoms with Gasteiger partial charge in [0.2, 0.25) is 5.91 Å². The molecule has 0 radical (unpaired) electrons. The summed E-state index contributed by atoms with van der Waals surface area (Å²) in [6.07, 6.45) is 4.24. The molecule has 0 aliphatic carbocycles. The summed E-state index contributed by atoms with van der Waals surface area (Å²) < 4.78 is 5.19. The Bertz CT molecular complexity index is 477. The molecule has 2 aliphatic rings. The van der Waals surface area contributed by atoms with Crippen LogP contribution in [0, 0.1) is 0 Å². The molecule has 2 saturated heterocycles. The average molecular weight is 260 g/mol. The Morgan fingerprint density at radius 1 is 1.32 bits per heavy atom. The first-order valence-corrected chi connectivity index (χ1v) is 6.95. The van der Waals surface area contributed by atoms with Gasteiger partial charge in [-0.25, -0.2) is 0 Å². The summed E-state index contributed by atoms with van der Waals surface area (Å²) in [7, 11) is 1.63. The molecule has 1 aromatic rings. The molecule has 0 unspecified atom stereocenters. The van der Waals surface area contributed by atoms with E-state index in [1.165, 1.54) is 0 Å². The van der Waals surface area contributed by atoms with Crippen LogP contribution in [0.4, 0.5) is 5.69 Å². The first-order valence-electron chi connectivity index (χ1n) is 6.95. The van der Waals surface area contributed by atoms with E-state index in [2.05, 4.69) is 10.2 Å². The molecule has 4 heteroatoms. The summed E-state index contributed by atoms with van der Waals surface area (Å²) in [5, 5.41) is 3.06. The molecule has 1 aromatic carbocycles. The monoisotopic (exact) mass is 260 g/mol. The second kappa shape index (κ2) is 4.85. The smallest absolute Gasteiger partial charge is 0.244 e. The lowest BCUT2D eigenvalue weighted by Gasteiger charge is -2.30. The molecule has 1 N–H and O–H groups in total. The highest BCUT2D eigenvalue weighted by Crippen LogP contribution is 2.39. The normalized spacial score (nSPS) is 21.1. The third-order valence-corrected chi connectivity index (χ3v) is 4.39. The highest BCUT2D eigenvalue weighted by Gasteiger charge is 2.49. The average Bonchev–Trinajstić information content (AvgIpc) is 2.99. The van der Waals surface area contributed by atoms with Crippen LogP contribution in [0.1, 0.15) is 25.7 Å². The highest BCUT2D eigenvalue weighted by atomic mass is 16.5. The van der Waals surface area contributed by atoms with Crippen LogP contribution in [-0.2, 0) is 4.79 Å². The van der Waals surface area contributed by atoms with Gasteiger partial charge in [-0.3, -0.25) is 9.69 Å². The Balaban J connectivity index is 1.77. The van der Waals surface area contributed by atoms with E-state index >= 15 is 0 Å². The van der Waals surface area contributed by atoms with Crippen LogP contribution in [0.15, 0.2) is 24.3 Å². The zero-order chi connectivity index (χ0) is 13.3. The van der Waals surface area contributed by atoms with E-state index in [4.69, 9.17) is 4.74 Å². The van der Waals surface area contributed by atoms with Crippen molar-refractivity contribution < 1.29 is 9.53 Å². The van der Waals surface area contributed by atoms with E-state index in [9.17, 15) is 4.79 Å². The summed E-state index contributed by atoms with van der Waals surface area (Å²) in [4.78, 5) is 15.0. The number of methoxy groups -OCH3 is 1. The predicted octanol–water partition coefficient (Wildman–Crippen LogP) is 2.26. The van der Waals surface area contributed by atoms with Gasteiger partial charge in [0, 0.05) is 11.8 Å².